The summed E-state index contributed by atoms with van der Waals surface area (Å²) >= 11 is 0. The Labute approximate surface area is 161 Å². The van der Waals surface area contributed by atoms with Gasteiger partial charge in [0.2, 0.25) is 5.91 Å². The fourth-order valence-electron chi connectivity index (χ4n) is 4.54. The maximum absolute atomic E-state index is 13.2. The van der Waals surface area contributed by atoms with E-state index in [2.05, 4.69) is 19.7 Å². The van der Waals surface area contributed by atoms with Gasteiger partial charge in [0.15, 0.2) is 11.6 Å². The van der Waals surface area contributed by atoms with Crippen LogP contribution < -0.4 is 9.64 Å². The van der Waals surface area contributed by atoms with E-state index in [0.29, 0.717) is 5.91 Å². The minimum Gasteiger partial charge on any atom is -0.493 e. The summed E-state index contributed by atoms with van der Waals surface area (Å²) in [5, 5.41) is 0. The van der Waals surface area contributed by atoms with Crippen LogP contribution in [-0.2, 0) is 9.53 Å². The molecule has 27 heavy (non-hydrogen) atoms. The molecular weight excluding hydrogens is 344 g/mol. The van der Waals surface area contributed by atoms with Crippen molar-refractivity contribution < 1.29 is 14.3 Å². The fourth-order valence-corrected chi connectivity index (χ4v) is 4.54. The number of rotatable bonds is 5. The van der Waals surface area contributed by atoms with Crippen LogP contribution in [0.25, 0.3) is 0 Å². The molecule has 0 radical (unpaired) electrons. The number of anilines is 1. The molecule has 0 saturated carbocycles. The summed E-state index contributed by atoms with van der Waals surface area (Å²) in [5.41, 5.74) is 0.721. The van der Waals surface area contributed by atoms with Gasteiger partial charge < -0.3 is 19.3 Å². The summed E-state index contributed by atoms with van der Waals surface area (Å²) in [7, 11) is 1.68. The molecule has 1 amide bonds. The maximum Gasteiger partial charge on any atom is 0.230 e. The number of hydrogen-bond donors (Lipinski definition) is 0. The second-order valence-electron chi connectivity index (χ2n) is 7.93. The second-order valence-corrected chi connectivity index (χ2v) is 7.93. The fraction of sp³-hybridized carbons (Fsp3) is 0.700. The van der Waals surface area contributed by atoms with Gasteiger partial charge in [0, 0.05) is 51.5 Å². The van der Waals surface area contributed by atoms with Crippen LogP contribution in [0.2, 0.25) is 0 Å². The van der Waals surface area contributed by atoms with Crippen LogP contribution in [0.3, 0.4) is 0 Å². The average Bonchev–Trinajstić information content (AvgIpc) is 3.26. The van der Waals surface area contributed by atoms with E-state index in [1.807, 2.05) is 19.1 Å². The number of carbonyl (C=O) groups excluding carboxylic acids is 1. The highest BCUT2D eigenvalue weighted by molar-refractivity contribution is 5.86. The standard InChI is InChI=1S/C20H30N4O3/c1-16-3-4-17(26-2)18(21-16)24-8-6-20(15-24)5-7-23(19(20)25)10-9-22-11-13-27-14-12-22/h3-4H,5-15H2,1-2H3. The quantitative estimate of drug-likeness (QED) is 0.771. The highest BCUT2D eigenvalue weighted by atomic mass is 16.5. The van der Waals surface area contributed by atoms with Crippen LogP contribution >= 0.6 is 0 Å². The number of ether oxygens (including phenoxy) is 2. The van der Waals surface area contributed by atoms with E-state index in [-0.39, 0.29) is 5.41 Å². The number of pyridine rings is 1. The van der Waals surface area contributed by atoms with Crippen molar-refractivity contribution in [3.05, 3.63) is 17.8 Å². The number of hydrogen-bond acceptors (Lipinski definition) is 6. The van der Waals surface area contributed by atoms with Gasteiger partial charge in [-0.05, 0) is 31.9 Å². The molecule has 0 N–H and O–H groups in total. The van der Waals surface area contributed by atoms with E-state index in [1.54, 1.807) is 7.11 Å². The molecule has 7 nitrogen and oxygen atoms in total. The lowest BCUT2D eigenvalue weighted by Crippen LogP contribution is -2.43. The van der Waals surface area contributed by atoms with Crippen molar-refractivity contribution in [2.45, 2.75) is 19.8 Å². The summed E-state index contributed by atoms with van der Waals surface area (Å²) in [6.45, 7) is 9.78. The zero-order chi connectivity index (χ0) is 18.9. The monoisotopic (exact) mass is 374 g/mol. The third kappa shape index (κ3) is 3.62. The molecule has 1 aromatic rings. The van der Waals surface area contributed by atoms with Gasteiger partial charge in [-0.3, -0.25) is 9.69 Å². The Hall–Kier alpha value is -1.86. The first kappa shape index (κ1) is 18.5. The van der Waals surface area contributed by atoms with Crippen LogP contribution in [0.4, 0.5) is 5.82 Å². The zero-order valence-electron chi connectivity index (χ0n) is 16.4. The van der Waals surface area contributed by atoms with E-state index in [1.165, 1.54) is 0 Å². The highest BCUT2D eigenvalue weighted by Crippen LogP contribution is 2.43. The van der Waals surface area contributed by atoms with Gasteiger partial charge in [0.1, 0.15) is 0 Å². The number of morpholine rings is 1. The van der Waals surface area contributed by atoms with E-state index >= 15 is 0 Å². The van der Waals surface area contributed by atoms with Crippen LogP contribution in [0, 0.1) is 12.3 Å². The van der Waals surface area contributed by atoms with Crippen molar-refractivity contribution in [3.8, 4) is 5.75 Å². The van der Waals surface area contributed by atoms with Crippen molar-refractivity contribution >= 4 is 11.7 Å². The Morgan fingerprint density at radius 3 is 2.70 bits per heavy atom. The number of likely N-dealkylation sites (tertiary alicyclic amines) is 1. The van der Waals surface area contributed by atoms with Crippen molar-refractivity contribution in [2.24, 2.45) is 5.41 Å². The summed E-state index contributed by atoms with van der Waals surface area (Å²) < 4.78 is 10.9. The second kappa shape index (κ2) is 7.64. The molecule has 1 aromatic heterocycles. The normalized spacial score (nSPS) is 26.4. The lowest BCUT2D eigenvalue weighted by molar-refractivity contribution is -0.135. The number of carbonyl (C=O) groups is 1. The molecule has 148 valence electrons. The molecule has 0 bridgehead atoms. The Balaban J connectivity index is 1.40. The third-order valence-electron chi connectivity index (χ3n) is 6.24. The predicted octanol–water partition coefficient (Wildman–Crippen LogP) is 1.16. The molecule has 3 aliphatic rings. The van der Waals surface area contributed by atoms with Crippen molar-refractivity contribution in [2.75, 3.05) is 71.0 Å². The molecule has 7 heteroatoms. The van der Waals surface area contributed by atoms with Gasteiger partial charge in [-0.15, -0.1) is 0 Å². The summed E-state index contributed by atoms with van der Waals surface area (Å²) in [4.78, 5) is 24.6. The summed E-state index contributed by atoms with van der Waals surface area (Å²) in [5.74, 6) is 1.98. The molecule has 4 heterocycles. The molecule has 1 spiro atoms. The van der Waals surface area contributed by atoms with Crippen LogP contribution in [-0.4, -0.2) is 86.8 Å². The first-order valence-electron chi connectivity index (χ1n) is 9.97. The molecule has 3 saturated heterocycles. The predicted molar refractivity (Wildman–Crippen MR) is 103 cm³/mol. The van der Waals surface area contributed by atoms with E-state index < -0.39 is 0 Å². The van der Waals surface area contributed by atoms with Gasteiger partial charge in [-0.25, -0.2) is 4.98 Å². The minimum atomic E-state index is -0.249. The molecule has 3 fully saturated rings. The first-order valence-corrected chi connectivity index (χ1v) is 9.97. The van der Waals surface area contributed by atoms with Gasteiger partial charge in [0.05, 0.1) is 25.7 Å². The average molecular weight is 374 g/mol. The largest absolute Gasteiger partial charge is 0.493 e. The lowest BCUT2D eigenvalue weighted by Gasteiger charge is -2.29. The number of aromatic nitrogens is 1. The summed E-state index contributed by atoms with van der Waals surface area (Å²) in [6.07, 6.45) is 1.85. The van der Waals surface area contributed by atoms with Crippen LogP contribution in [0.15, 0.2) is 12.1 Å². The topological polar surface area (TPSA) is 58.1 Å². The maximum atomic E-state index is 13.2. The molecular formula is C20H30N4O3. The number of nitrogens with zero attached hydrogens (tertiary/aromatic N) is 4. The van der Waals surface area contributed by atoms with Crippen molar-refractivity contribution in [1.82, 2.24) is 14.8 Å². The lowest BCUT2D eigenvalue weighted by atomic mass is 9.85. The Bertz CT molecular complexity index is 692. The number of amides is 1. The first-order chi connectivity index (χ1) is 13.1. The number of aryl methyl sites for hydroxylation is 1. The van der Waals surface area contributed by atoms with E-state index in [4.69, 9.17) is 9.47 Å². The highest BCUT2D eigenvalue weighted by Gasteiger charge is 2.51. The molecule has 1 unspecified atom stereocenters. The van der Waals surface area contributed by atoms with Gasteiger partial charge in [0.25, 0.3) is 0 Å². The molecule has 3 aliphatic heterocycles. The van der Waals surface area contributed by atoms with E-state index in [0.717, 1.165) is 89.1 Å². The third-order valence-corrected chi connectivity index (χ3v) is 6.24. The smallest absolute Gasteiger partial charge is 0.230 e. The van der Waals surface area contributed by atoms with Crippen LogP contribution in [0.1, 0.15) is 18.5 Å². The van der Waals surface area contributed by atoms with Crippen LogP contribution in [0.5, 0.6) is 5.75 Å². The molecule has 0 aromatic carbocycles. The van der Waals surface area contributed by atoms with E-state index in [9.17, 15) is 4.79 Å². The Kier molecular flexibility index (Phi) is 5.23. The Morgan fingerprint density at radius 1 is 1.15 bits per heavy atom. The van der Waals surface area contributed by atoms with Crippen molar-refractivity contribution in [3.63, 3.8) is 0 Å². The summed E-state index contributed by atoms with van der Waals surface area (Å²) in [6, 6.07) is 3.93. The molecule has 4 rings (SSSR count). The zero-order valence-corrected chi connectivity index (χ0v) is 16.4. The van der Waals surface area contributed by atoms with Gasteiger partial charge >= 0.3 is 0 Å². The molecule has 1 atom stereocenters. The molecule has 0 aliphatic carbocycles. The van der Waals surface area contributed by atoms with Gasteiger partial charge in [-0.2, -0.15) is 0 Å². The van der Waals surface area contributed by atoms with Crippen molar-refractivity contribution in [1.29, 1.82) is 0 Å². The SMILES string of the molecule is COc1ccc(C)nc1N1CCC2(CCN(CCN3CCOCC3)C2=O)C1. The Morgan fingerprint density at radius 2 is 1.93 bits per heavy atom. The minimum absolute atomic E-state index is 0.249. The number of methoxy groups -OCH3 is 1. The van der Waals surface area contributed by atoms with Gasteiger partial charge in [-0.1, -0.05) is 0 Å².